The smallest absolute Gasteiger partial charge is 0.141 e. The van der Waals surface area contributed by atoms with Crippen LogP contribution in [-0.2, 0) is 0 Å². The summed E-state index contributed by atoms with van der Waals surface area (Å²) in [5.41, 5.74) is 8.77. The summed E-state index contributed by atoms with van der Waals surface area (Å²) >= 11 is 0. The van der Waals surface area contributed by atoms with Gasteiger partial charge in [-0.05, 0) is 71.5 Å². The van der Waals surface area contributed by atoms with Gasteiger partial charge >= 0.3 is 0 Å². The van der Waals surface area contributed by atoms with Gasteiger partial charge in [0.25, 0.3) is 0 Å². The molecule has 6 heteroatoms. The van der Waals surface area contributed by atoms with Crippen molar-refractivity contribution in [2.24, 2.45) is 5.73 Å². The van der Waals surface area contributed by atoms with Gasteiger partial charge in [0.15, 0.2) is 0 Å². The number of benzene rings is 2. The van der Waals surface area contributed by atoms with Crippen LogP contribution in [-0.4, -0.2) is 46.6 Å². The topological polar surface area (TPSA) is 76.3 Å². The van der Waals surface area contributed by atoms with Crippen molar-refractivity contribution in [1.82, 2.24) is 14.9 Å². The number of rotatable bonds is 10. The maximum absolute atomic E-state index is 5.95. The van der Waals surface area contributed by atoms with Crippen LogP contribution in [0.2, 0.25) is 0 Å². The minimum absolute atomic E-state index is 0.350. The van der Waals surface area contributed by atoms with Gasteiger partial charge in [-0.15, -0.1) is 6.42 Å². The second kappa shape index (κ2) is 12.4. The second-order valence-electron chi connectivity index (χ2n) is 9.31. The Kier molecular flexibility index (Phi) is 9.31. The Hall–Kier alpha value is -3.58. The minimum atomic E-state index is -0.350. The monoisotopic (exact) mass is 483 g/mol. The highest BCUT2D eigenvalue weighted by Crippen LogP contribution is 2.30. The van der Waals surface area contributed by atoms with E-state index in [1.807, 2.05) is 43.3 Å². The van der Waals surface area contributed by atoms with Crippen LogP contribution in [0.25, 0.3) is 10.9 Å². The Morgan fingerprint density at radius 1 is 1.17 bits per heavy atom. The molecule has 0 fully saturated rings. The van der Waals surface area contributed by atoms with E-state index in [0.29, 0.717) is 30.8 Å². The normalized spacial score (nSPS) is 12.1. The van der Waals surface area contributed by atoms with E-state index in [1.165, 1.54) is 0 Å². The second-order valence-corrected chi connectivity index (χ2v) is 9.31. The van der Waals surface area contributed by atoms with Crippen LogP contribution in [0.1, 0.15) is 58.1 Å². The van der Waals surface area contributed by atoms with Gasteiger partial charge in [-0.2, -0.15) is 0 Å². The molecule has 1 aromatic heterocycles. The summed E-state index contributed by atoms with van der Waals surface area (Å²) in [4.78, 5) is 11.3. The first kappa shape index (κ1) is 27.0. The predicted molar refractivity (Wildman–Crippen MR) is 149 cm³/mol. The van der Waals surface area contributed by atoms with Gasteiger partial charge in [-0.1, -0.05) is 37.2 Å². The number of nitrogens with zero attached hydrogens (tertiary/aromatic N) is 3. The number of anilines is 2. The third kappa shape index (κ3) is 6.55. The van der Waals surface area contributed by atoms with E-state index in [2.05, 4.69) is 65.8 Å². The largest absolute Gasteiger partial charge is 0.492 e. The summed E-state index contributed by atoms with van der Waals surface area (Å²) in [6, 6.07) is 12.0. The third-order valence-electron chi connectivity index (χ3n) is 6.38. The average molecular weight is 484 g/mol. The first-order valence-corrected chi connectivity index (χ1v) is 12.5. The SMILES string of the molecule is C#Cc1cccc(Nc2ncnc3cc(OCC)c(C#CC(C)(C)N(C)C(CCC)CCN)cc23)c1. The van der Waals surface area contributed by atoms with Crippen molar-refractivity contribution in [3.8, 4) is 29.9 Å². The van der Waals surface area contributed by atoms with Crippen molar-refractivity contribution in [3.05, 3.63) is 53.9 Å². The van der Waals surface area contributed by atoms with Crippen molar-refractivity contribution in [3.63, 3.8) is 0 Å². The summed E-state index contributed by atoms with van der Waals surface area (Å²) in [5, 5.41) is 4.23. The molecule has 0 amide bonds. The zero-order valence-electron chi connectivity index (χ0n) is 22.1. The zero-order chi connectivity index (χ0) is 26.1. The molecule has 6 nitrogen and oxygen atoms in total. The Labute approximate surface area is 215 Å². The molecule has 1 atom stereocenters. The van der Waals surface area contributed by atoms with E-state index >= 15 is 0 Å². The van der Waals surface area contributed by atoms with E-state index in [4.69, 9.17) is 16.9 Å². The molecule has 0 aliphatic rings. The highest BCUT2D eigenvalue weighted by atomic mass is 16.5. The van der Waals surface area contributed by atoms with Crippen LogP contribution in [0.5, 0.6) is 5.75 Å². The van der Waals surface area contributed by atoms with Crippen LogP contribution in [0, 0.1) is 24.2 Å². The quantitative estimate of drug-likeness (QED) is 0.380. The Bertz CT molecular complexity index is 1280. The van der Waals surface area contributed by atoms with Gasteiger partial charge < -0.3 is 15.8 Å². The van der Waals surface area contributed by atoms with Gasteiger partial charge in [0.2, 0.25) is 0 Å². The molecule has 0 aliphatic carbocycles. The molecule has 188 valence electrons. The molecule has 0 spiro atoms. The molecular formula is C30H37N5O. The number of fused-ring (bicyclic) bond motifs is 1. The number of ether oxygens (including phenoxy) is 1. The van der Waals surface area contributed by atoms with Crippen molar-refractivity contribution in [2.75, 3.05) is 25.5 Å². The molecule has 36 heavy (non-hydrogen) atoms. The number of nitrogens with two attached hydrogens (primary N) is 1. The van der Waals surface area contributed by atoms with E-state index < -0.39 is 0 Å². The molecule has 3 rings (SSSR count). The van der Waals surface area contributed by atoms with Crippen molar-refractivity contribution < 1.29 is 4.74 Å². The standard InChI is InChI=1S/C30H37N5O/c1-7-11-25(15-17-31)35(6)30(4,5)16-14-23-19-26-27(20-28(23)36-9-3)32-21-33-29(26)34-24-13-10-12-22(8-2)18-24/h2,10,12-13,18-21,25H,7,9,11,15,17,31H2,1,3-6H3,(H,32,33,34). The lowest BCUT2D eigenvalue weighted by atomic mass is 9.97. The molecular weight excluding hydrogens is 446 g/mol. The maximum atomic E-state index is 5.95. The van der Waals surface area contributed by atoms with E-state index in [-0.39, 0.29) is 5.54 Å². The highest BCUT2D eigenvalue weighted by molar-refractivity contribution is 5.93. The molecule has 3 aromatic rings. The van der Waals surface area contributed by atoms with Crippen LogP contribution >= 0.6 is 0 Å². The molecule has 0 saturated carbocycles. The lowest BCUT2D eigenvalue weighted by molar-refractivity contribution is 0.133. The van der Waals surface area contributed by atoms with E-state index in [1.54, 1.807) is 6.33 Å². The number of aromatic nitrogens is 2. The molecule has 3 N–H and O–H groups in total. The molecule has 0 bridgehead atoms. The van der Waals surface area contributed by atoms with Crippen molar-refractivity contribution in [1.29, 1.82) is 0 Å². The number of terminal acetylenes is 1. The molecule has 0 radical (unpaired) electrons. The maximum Gasteiger partial charge on any atom is 0.141 e. The van der Waals surface area contributed by atoms with Crippen molar-refractivity contribution in [2.45, 2.75) is 58.5 Å². The Morgan fingerprint density at radius 3 is 2.67 bits per heavy atom. The van der Waals surface area contributed by atoms with E-state index in [0.717, 1.165) is 47.0 Å². The third-order valence-corrected chi connectivity index (χ3v) is 6.38. The summed E-state index contributed by atoms with van der Waals surface area (Å²) < 4.78 is 5.95. The molecule has 0 saturated heterocycles. The fraction of sp³-hybridized carbons (Fsp3) is 0.400. The van der Waals surface area contributed by atoms with Crippen LogP contribution in [0.15, 0.2) is 42.7 Å². The molecule has 1 heterocycles. The van der Waals surface area contributed by atoms with Gasteiger partial charge in [0.1, 0.15) is 17.9 Å². The molecule has 1 unspecified atom stereocenters. The summed E-state index contributed by atoms with van der Waals surface area (Å²) in [5.74, 6) is 11.0. The van der Waals surface area contributed by atoms with Crippen LogP contribution < -0.4 is 15.8 Å². The lowest BCUT2D eigenvalue weighted by Gasteiger charge is -2.38. The van der Waals surface area contributed by atoms with Crippen LogP contribution in [0.4, 0.5) is 11.5 Å². The first-order chi connectivity index (χ1) is 17.3. The van der Waals surface area contributed by atoms with Gasteiger partial charge in [-0.3, -0.25) is 4.90 Å². The lowest BCUT2D eigenvalue weighted by Crippen LogP contribution is -2.47. The van der Waals surface area contributed by atoms with Crippen LogP contribution in [0.3, 0.4) is 0 Å². The number of nitrogens with one attached hydrogen (secondary N) is 1. The number of hydrogen-bond acceptors (Lipinski definition) is 6. The molecule has 0 aliphatic heterocycles. The molecule has 2 aromatic carbocycles. The Balaban J connectivity index is 2.03. The fourth-order valence-electron chi connectivity index (χ4n) is 4.20. The van der Waals surface area contributed by atoms with Gasteiger partial charge in [0.05, 0.1) is 23.2 Å². The predicted octanol–water partition coefficient (Wildman–Crippen LogP) is 5.33. The summed E-state index contributed by atoms with van der Waals surface area (Å²) in [6.07, 6.45) is 10.3. The first-order valence-electron chi connectivity index (χ1n) is 12.5. The fourth-order valence-corrected chi connectivity index (χ4v) is 4.20. The van der Waals surface area contributed by atoms with Gasteiger partial charge in [-0.25, -0.2) is 9.97 Å². The number of hydrogen-bond donors (Lipinski definition) is 2. The Morgan fingerprint density at radius 2 is 1.97 bits per heavy atom. The summed E-state index contributed by atoms with van der Waals surface area (Å²) in [7, 11) is 2.13. The van der Waals surface area contributed by atoms with E-state index in [9.17, 15) is 0 Å². The summed E-state index contributed by atoms with van der Waals surface area (Å²) in [6.45, 7) is 9.66. The van der Waals surface area contributed by atoms with Gasteiger partial charge in [0, 0.05) is 28.7 Å². The minimum Gasteiger partial charge on any atom is -0.492 e. The highest BCUT2D eigenvalue weighted by Gasteiger charge is 2.27. The average Bonchev–Trinajstić information content (AvgIpc) is 2.87. The zero-order valence-corrected chi connectivity index (χ0v) is 22.1. The van der Waals surface area contributed by atoms with Crippen molar-refractivity contribution >= 4 is 22.4 Å².